The molecule has 1 N–H and O–H groups in total. The summed E-state index contributed by atoms with van der Waals surface area (Å²) >= 11 is 0. The van der Waals surface area contributed by atoms with Crippen molar-refractivity contribution in [2.75, 3.05) is 45.2 Å². The number of nitrogens with zero attached hydrogens (tertiary/aromatic N) is 2. The van der Waals surface area contributed by atoms with E-state index in [1.807, 2.05) is 57.1 Å². The third-order valence-electron chi connectivity index (χ3n) is 6.50. The van der Waals surface area contributed by atoms with E-state index in [1.165, 1.54) is 0 Å². The van der Waals surface area contributed by atoms with E-state index in [9.17, 15) is 9.59 Å². The van der Waals surface area contributed by atoms with Crippen molar-refractivity contribution in [1.82, 2.24) is 10.2 Å². The molecule has 0 bridgehead atoms. The minimum atomic E-state index is -0.670. The Morgan fingerprint density at radius 2 is 1.58 bits per heavy atom. The molecule has 0 amide bonds. The van der Waals surface area contributed by atoms with Crippen LogP contribution in [0.25, 0.3) is 0 Å². The van der Waals surface area contributed by atoms with Crippen molar-refractivity contribution in [3.63, 3.8) is 0 Å². The molecule has 0 radical (unpaired) electrons. The predicted octanol–water partition coefficient (Wildman–Crippen LogP) is 3.80. The zero-order chi connectivity index (χ0) is 24.0. The Morgan fingerprint density at radius 1 is 1.00 bits per heavy atom. The molecule has 33 heavy (non-hydrogen) atoms. The lowest BCUT2D eigenvalue weighted by Crippen LogP contribution is -2.52. The number of carbonyl (C=O) groups is 2. The monoisotopic (exact) mass is 451 g/mol. The van der Waals surface area contributed by atoms with Gasteiger partial charge >= 0.3 is 5.97 Å². The highest BCUT2D eigenvalue weighted by atomic mass is 16.5. The number of esters is 1. The van der Waals surface area contributed by atoms with Crippen molar-refractivity contribution in [3.8, 4) is 0 Å². The lowest BCUT2D eigenvalue weighted by atomic mass is 9.80. The van der Waals surface area contributed by atoms with Crippen molar-refractivity contribution in [2.24, 2.45) is 0 Å². The van der Waals surface area contributed by atoms with Crippen molar-refractivity contribution in [2.45, 2.75) is 45.3 Å². The second kappa shape index (κ2) is 10.9. The fraction of sp³-hybridized carbons (Fsp3) is 0.481. The number of nitrogens with one attached hydrogen (secondary N) is 1. The predicted molar refractivity (Wildman–Crippen MR) is 133 cm³/mol. The lowest BCUT2D eigenvalue weighted by molar-refractivity contribution is 0.0377. The van der Waals surface area contributed by atoms with E-state index in [1.54, 1.807) is 12.1 Å². The van der Waals surface area contributed by atoms with Crippen molar-refractivity contribution in [1.29, 1.82) is 0 Å². The summed E-state index contributed by atoms with van der Waals surface area (Å²) in [6, 6.07) is 15.4. The summed E-state index contributed by atoms with van der Waals surface area (Å²) in [5.41, 5.74) is 2.74. The second-order valence-corrected chi connectivity index (χ2v) is 9.22. The van der Waals surface area contributed by atoms with Crippen LogP contribution in [-0.4, -0.2) is 68.6 Å². The topological polar surface area (TPSA) is 61.9 Å². The van der Waals surface area contributed by atoms with E-state index in [2.05, 4.69) is 29.3 Å². The van der Waals surface area contributed by atoms with Gasteiger partial charge in [-0.05, 0) is 82.7 Å². The Labute approximate surface area is 197 Å². The number of hydrogen-bond acceptors (Lipinski definition) is 6. The van der Waals surface area contributed by atoms with E-state index in [0.717, 1.165) is 43.0 Å². The van der Waals surface area contributed by atoms with Gasteiger partial charge < -0.3 is 15.0 Å². The first kappa shape index (κ1) is 24.9. The lowest BCUT2D eigenvalue weighted by Gasteiger charge is -2.38. The molecule has 1 fully saturated rings. The number of ether oxygens (including phenoxy) is 1. The van der Waals surface area contributed by atoms with E-state index in [-0.39, 0.29) is 17.9 Å². The van der Waals surface area contributed by atoms with Crippen molar-refractivity contribution < 1.29 is 14.3 Å². The quantitative estimate of drug-likeness (QED) is 0.462. The molecule has 6 nitrogen and oxygen atoms in total. The van der Waals surface area contributed by atoms with Gasteiger partial charge in [0, 0.05) is 37.4 Å². The van der Waals surface area contributed by atoms with Gasteiger partial charge in [-0.3, -0.25) is 9.69 Å². The minimum Gasteiger partial charge on any atom is -0.459 e. The van der Waals surface area contributed by atoms with Gasteiger partial charge in [0.05, 0.1) is 17.2 Å². The highest BCUT2D eigenvalue weighted by Crippen LogP contribution is 2.29. The molecular weight excluding hydrogens is 414 g/mol. The number of benzene rings is 2. The first-order chi connectivity index (χ1) is 15.8. The Bertz CT molecular complexity index is 932. The number of Topliss-reactive ketones (excluding diaryl/α,β-unsaturated/α-hetero) is 1. The van der Waals surface area contributed by atoms with Crippen LogP contribution in [0.1, 0.15) is 53.5 Å². The molecule has 2 aromatic carbocycles. The summed E-state index contributed by atoms with van der Waals surface area (Å²) in [5.74, 6) is -0.211. The molecule has 3 rings (SSSR count). The number of anilines is 1. The van der Waals surface area contributed by atoms with Gasteiger partial charge in [-0.25, -0.2) is 4.79 Å². The SMILES string of the molecule is CCC(Cc1ccc(C(=O)OC(C)C)cc1)(C(=O)c1ccc(N2CCNCC2)cc1)N(C)C. The molecule has 0 aromatic heterocycles. The maximum Gasteiger partial charge on any atom is 0.338 e. The minimum absolute atomic E-state index is 0.116. The van der Waals surface area contributed by atoms with Crippen LogP contribution in [-0.2, 0) is 11.2 Å². The molecule has 1 atom stereocenters. The Hall–Kier alpha value is -2.70. The summed E-state index contributed by atoms with van der Waals surface area (Å²) in [7, 11) is 3.93. The number of likely N-dealkylation sites (N-methyl/N-ethyl adjacent to an activating group) is 1. The first-order valence-electron chi connectivity index (χ1n) is 11.8. The van der Waals surface area contributed by atoms with Crippen LogP contribution in [0, 0.1) is 0 Å². The van der Waals surface area contributed by atoms with E-state index in [4.69, 9.17) is 4.74 Å². The maximum atomic E-state index is 13.8. The molecule has 178 valence electrons. The zero-order valence-electron chi connectivity index (χ0n) is 20.6. The van der Waals surface area contributed by atoms with Crippen LogP contribution in [0.5, 0.6) is 0 Å². The third kappa shape index (κ3) is 5.81. The molecule has 1 saturated heterocycles. The highest BCUT2D eigenvalue weighted by Gasteiger charge is 2.39. The molecule has 1 aliphatic rings. The fourth-order valence-corrected chi connectivity index (χ4v) is 4.44. The van der Waals surface area contributed by atoms with Gasteiger partial charge in [-0.2, -0.15) is 0 Å². The number of piperazine rings is 1. The van der Waals surface area contributed by atoms with Gasteiger partial charge in [-0.15, -0.1) is 0 Å². The molecule has 6 heteroatoms. The molecule has 2 aromatic rings. The summed E-state index contributed by atoms with van der Waals surface area (Å²) in [6.07, 6.45) is 1.08. The van der Waals surface area contributed by atoms with Gasteiger partial charge in [0.15, 0.2) is 5.78 Å². The normalized spacial score (nSPS) is 16.0. The average molecular weight is 452 g/mol. The van der Waals surface area contributed by atoms with Crippen molar-refractivity contribution >= 4 is 17.4 Å². The highest BCUT2D eigenvalue weighted by molar-refractivity contribution is 6.03. The molecular formula is C27H37N3O3. The molecule has 0 aliphatic carbocycles. The van der Waals surface area contributed by atoms with Gasteiger partial charge in [-0.1, -0.05) is 19.1 Å². The Morgan fingerprint density at radius 3 is 2.09 bits per heavy atom. The number of rotatable bonds is 9. The summed E-state index contributed by atoms with van der Waals surface area (Å²) in [6.45, 7) is 9.64. The largest absolute Gasteiger partial charge is 0.459 e. The van der Waals surface area contributed by atoms with Crippen LogP contribution in [0.15, 0.2) is 48.5 Å². The van der Waals surface area contributed by atoms with Crippen LogP contribution >= 0.6 is 0 Å². The third-order valence-corrected chi connectivity index (χ3v) is 6.50. The Balaban J connectivity index is 1.80. The van der Waals surface area contributed by atoms with Crippen LogP contribution in [0.2, 0.25) is 0 Å². The average Bonchev–Trinajstić information content (AvgIpc) is 2.82. The zero-order valence-corrected chi connectivity index (χ0v) is 20.6. The smallest absolute Gasteiger partial charge is 0.338 e. The number of ketones is 1. The molecule has 1 aliphatic heterocycles. The van der Waals surface area contributed by atoms with Crippen LogP contribution < -0.4 is 10.2 Å². The summed E-state index contributed by atoms with van der Waals surface area (Å²) < 4.78 is 5.28. The van der Waals surface area contributed by atoms with E-state index < -0.39 is 5.54 Å². The number of carbonyl (C=O) groups excluding carboxylic acids is 2. The van der Waals surface area contributed by atoms with E-state index in [0.29, 0.717) is 18.4 Å². The van der Waals surface area contributed by atoms with Crippen LogP contribution in [0.4, 0.5) is 5.69 Å². The van der Waals surface area contributed by atoms with Gasteiger partial charge in [0.1, 0.15) is 0 Å². The molecule has 0 spiro atoms. The maximum absolute atomic E-state index is 13.8. The van der Waals surface area contributed by atoms with Gasteiger partial charge in [0.25, 0.3) is 0 Å². The standard InChI is InChI=1S/C27H37N3O3/c1-6-27(29(4)5,19-21-7-9-23(10-8-21)26(32)33-20(2)3)25(31)22-11-13-24(14-12-22)30-17-15-28-16-18-30/h7-14,20,28H,6,15-19H2,1-5H3. The second-order valence-electron chi connectivity index (χ2n) is 9.22. The summed E-state index contributed by atoms with van der Waals surface area (Å²) in [5, 5.41) is 3.37. The molecule has 1 heterocycles. The van der Waals surface area contributed by atoms with Crippen LogP contribution in [0.3, 0.4) is 0 Å². The molecule has 1 unspecified atom stereocenters. The Kier molecular flexibility index (Phi) is 8.27. The van der Waals surface area contributed by atoms with Crippen molar-refractivity contribution in [3.05, 3.63) is 65.2 Å². The first-order valence-corrected chi connectivity index (χ1v) is 11.8. The fourth-order valence-electron chi connectivity index (χ4n) is 4.44. The number of hydrogen-bond donors (Lipinski definition) is 1. The summed E-state index contributed by atoms with van der Waals surface area (Å²) in [4.78, 5) is 30.3. The molecule has 0 saturated carbocycles. The van der Waals surface area contributed by atoms with E-state index >= 15 is 0 Å². The van der Waals surface area contributed by atoms with Gasteiger partial charge in [0.2, 0.25) is 0 Å².